The number of carbonyl (C=O) groups is 1. The first kappa shape index (κ1) is 18.3. The van der Waals surface area contributed by atoms with Gasteiger partial charge in [-0.2, -0.15) is 0 Å². The summed E-state index contributed by atoms with van der Waals surface area (Å²) in [5.74, 6) is 1.77. The van der Waals surface area contributed by atoms with Gasteiger partial charge in [0.1, 0.15) is 12.4 Å². The zero-order chi connectivity index (χ0) is 20.0. The predicted molar refractivity (Wildman–Crippen MR) is 110 cm³/mol. The van der Waals surface area contributed by atoms with Gasteiger partial charge in [-0.05, 0) is 41.7 Å². The van der Waals surface area contributed by atoms with E-state index in [1.54, 1.807) is 6.20 Å². The van der Waals surface area contributed by atoms with Crippen LogP contribution < -0.4 is 25.6 Å². The van der Waals surface area contributed by atoms with E-state index in [9.17, 15) is 4.79 Å². The molecule has 1 aromatic heterocycles. The first-order valence-corrected chi connectivity index (χ1v) is 10.1. The van der Waals surface area contributed by atoms with Crippen LogP contribution in [0.2, 0.25) is 0 Å². The minimum absolute atomic E-state index is 0.0946. The van der Waals surface area contributed by atoms with E-state index in [1.165, 1.54) is 0 Å². The first-order valence-electron chi connectivity index (χ1n) is 9.33. The van der Waals surface area contributed by atoms with Gasteiger partial charge >= 0.3 is 5.97 Å². The topological polar surface area (TPSA) is 105 Å². The number of nitrogens with one attached hydrogen (secondary N) is 3. The van der Waals surface area contributed by atoms with E-state index in [1.807, 2.05) is 18.2 Å². The number of hydrogen-bond donors (Lipinski definition) is 4. The summed E-state index contributed by atoms with van der Waals surface area (Å²) in [5.41, 5.74) is 8.75. The Hall–Kier alpha value is -2.78. The molecule has 3 atom stereocenters. The summed E-state index contributed by atoms with van der Waals surface area (Å²) < 4.78 is 12.0. The van der Waals surface area contributed by atoms with Crippen molar-refractivity contribution in [3.63, 3.8) is 0 Å². The lowest BCUT2D eigenvalue weighted by Gasteiger charge is -2.37. The Balaban J connectivity index is 1.45. The van der Waals surface area contributed by atoms with Crippen molar-refractivity contribution in [2.45, 2.75) is 18.4 Å². The lowest BCUT2D eigenvalue weighted by molar-refractivity contribution is -0.135. The maximum Gasteiger partial charge on any atom is 0.319 e. The van der Waals surface area contributed by atoms with Crippen molar-refractivity contribution in [1.29, 1.82) is 0 Å². The van der Waals surface area contributed by atoms with Gasteiger partial charge in [0.2, 0.25) is 6.79 Å². The normalized spacial score (nSPS) is 23.3. The molecule has 5 rings (SSSR count). The van der Waals surface area contributed by atoms with Gasteiger partial charge in [0.25, 0.3) is 0 Å². The van der Waals surface area contributed by atoms with E-state index in [0.717, 1.165) is 39.2 Å². The Morgan fingerprint density at radius 2 is 2.10 bits per heavy atom. The van der Waals surface area contributed by atoms with Crippen LogP contribution in [-0.4, -0.2) is 29.4 Å². The summed E-state index contributed by atoms with van der Waals surface area (Å²) in [6.07, 6.45) is 7.21. The molecule has 0 amide bonds. The molecular formula is C20H19BrN4O4. The largest absolute Gasteiger partial charge is 0.480 e. The minimum Gasteiger partial charge on any atom is -0.480 e. The van der Waals surface area contributed by atoms with E-state index in [2.05, 4.69) is 49.2 Å². The number of halogens is 1. The smallest absolute Gasteiger partial charge is 0.319 e. The van der Waals surface area contributed by atoms with Crippen LogP contribution in [0.3, 0.4) is 0 Å². The second kappa shape index (κ2) is 7.23. The fourth-order valence-electron chi connectivity index (χ4n) is 4.25. The number of carboxylic acids is 1. The number of aliphatic carboxylic acids is 1. The highest BCUT2D eigenvalue weighted by molar-refractivity contribution is 9.10. The number of ether oxygens (including phenoxy) is 2. The second-order valence-corrected chi connectivity index (χ2v) is 8.09. The lowest BCUT2D eigenvalue weighted by atomic mass is 9.77. The van der Waals surface area contributed by atoms with E-state index in [-0.39, 0.29) is 25.3 Å². The van der Waals surface area contributed by atoms with Crippen molar-refractivity contribution >= 4 is 33.4 Å². The predicted octanol–water partition coefficient (Wildman–Crippen LogP) is 3.40. The quantitative estimate of drug-likeness (QED) is 0.399. The molecule has 4 N–H and O–H groups in total. The van der Waals surface area contributed by atoms with Crippen molar-refractivity contribution < 1.29 is 19.4 Å². The molecule has 1 aliphatic carbocycles. The molecule has 0 saturated heterocycles. The standard InChI is InChI=1S/C20H19BrN4O4/c21-14-6-17-16(28-9-29-17)4-13(14)20-11-3-1-2-10(11)12-5-18(22-7-15(12)24-20)25-23-8-19(26)27/h1-2,4-7,10-11,20,23-24H,3,8-9H2,(H,22,25)(H,26,27). The zero-order valence-corrected chi connectivity index (χ0v) is 16.9. The molecule has 9 heteroatoms. The molecule has 0 fully saturated rings. The van der Waals surface area contributed by atoms with E-state index in [4.69, 9.17) is 14.6 Å². The number of nitrogens with zero attached hydrogens (tertiary/aromatic N) is 1. The molecule has 0 bridgehead atoms. The molecule has 3 aliphatic rings. The Morgan fingerprint density at radius 3 is 2.93 bits per heavy atom. The highest BCUT2D eigenvalue weighted by Gasteiger charge is 2.39. The van der Waals surface area contributed by atoms with Gasteiger partial charge in [-0.1, -0.05) is 28.1 Å². The highest BCUT2D eigenvalue weighted by Crippen LogP contribution is 2.52. The third kappa shape index (κ3) is 3.30. The zero-order valence-electron chi connectivity index (χ0n) is 15.3. The van der Waals surface area contributed by atoms with Crippen LogP contribution in [0.25, 0.3) is 0 Å². The molecular weight excluding hydrogens is 440 g/mol. The van der Waals surface area contributed by atoms with Gasteiger partial charge in [-0.25, -0.2) is 10.4 Å². The Morgan fingerprint density at radius 1 is 1.28 bits per heavy atom. The maximum atomic E-state index is 10.7. The molecule has 2 aliphatic heterocycles. The number of anilines is 2. The summed E-state index contributed by atoms with van der Waals surface area (Å²) >= 11 is 3.70. The SMILES string of the molecule is O=C(O)CNNc1cc2c(cn1)NC(c1cc3c(cc1Br)OCO3)C1CC=CC21. The van der Waals surface area contributed by atoms with Crippen LogP contribution in [0.4, 0.5) is 11.5 Å². The van der Waals surface area contributed by atoms with Crippen molar-refractivity contribution in [2.75, 3.05) is 24.1 Å². The van der Waals surface area contributed by atoms with Gasteiger partial charge in [0.15, 0.2) is 11.5 Å². The number of carboxylic acid groups (broad SMARTS) is 1. The molecule has 29 heavy (non-hydrogen) atoms. The van der Waals surface area contributed by atoms with Crippen LogP contribution in [0, 0.1) is 5.92 Å². The molecule has 2 aromatic rings. The molecule has 3 unspecified atom stereocenters. The molecule has 0 radical (unpaired) electrons. The van der Waals surface area contributed by atoms with Gasteiger partial charge < -0.3 is 25.3 Å². The number of fused-ring (bicyclic) bond motifs is 4. The van der Waals surface area contributed by atoms with Crippen LogP contribution in [0.15, 0.2) is 41.0 Å². The van der Waals surface area contributed by atoms with Crippen LogP contribution in [-0.2, 0) is 4.79 Å². The number of allylic oxidation sites excluding steroid dienone is 2. The average Bonchev–Trinajstić information content (AvgIpc) is 3.36. The Labute approximate surface area is 175 Å². The number of pyridine rings is 1. The maximum absolute atomic E-state index is 10.7. The molecule has 8 nitrogen and oxygen atoms in total. The second-order valence-electron chi connectivity index (χ2n) is 7.23. The van der Waals surface area contributed by atoms with Crippen molar-refractivity contribution in [3.05, 3.63) is 52.1 Å². The number of hydrazine groups is 1. The number of rotatable bonds is 5. The Bertz CT molecular complexity index is 1010. The van der Waals surface area contributed by atoms with E-state index >= 15 is 0 Å². The fourth-order valence-corrected chi connectivity index (χ4v) is 4.82. The summed E-state index contributed by atoms with van der Waals surface area (Å²) in [6.45, 7) is 0.0541. The van der Waals surface area contributed by atoms with Gasteiger partial charge in [-0.15, -0.1) is 0 Å². The van der Waals surface area contributed by atoms with Gasteiger partial charge in [-0.3, -0.25) is 4.79 Å². The van der Waals surface area contributed by atoms with E-state index < -0.39 is 5.97 Å². The van der Waals surface area contributed by atoms with Gasteiger partial charge in [0, 0.05) is 10.4 Å². The summed E-state index contributed by atoms with van der Waals surface area (Å²) in [5, 5.41) is 12.4. The van der Waals surface area contributed by atoms with Crippen molar-refractivity contribution in [1.82, 2.24) is 10.4 Å². The minimum atomic E-state index is -0.937. The molecule has 3 heterocycles. The average molecular weight is 459 g/mol. The molecule has 1 aromatic carbocycles. The summed E-state index contributed by atoms with van der Waals surface area (Å²) in [4.78, 5) is 15.1. The lowest BCUT2D eigenvalue weighted by Crippen LogP contribution is -2.31. The number of hydrogen-bond acceptors (Lipinski definition) is 7. The van der Waals surface area contributed by atoms with Crippen molar-refractivity contribution in [3.8, 4) is 11.5 Å². The number of benzene rings is 1. The Kier molecular flexibility index (Phi) is 4.56. The molecule has 0 saturated carbocycles. The first-order chi connectivity index (χ1) is 14.1. The van der Waals surface area contributed by atoms with Crippen LogP contribution >= 0.6 is 15.9 Å². The highest BCUT2D eigenvalue weighted by atomic mass is 79.9. The molecule has 0 spiro atoms. The third-order valence-electron chi connectivity index (χ3n) is 5.53. The third-order valence-corrected chi connectivity index (χ3v) is 6.22. The van der Waals surface area contributed by atoms with Crippen LogP contribution in [0.1, 0.15) is 29.5 Å². The van der Waals surface area contributed by atoms with Crippen LogP contribution in [0.5, 0.6) is 11.5 Å². The van der Waals surface area contributed by atoms with Gasteiger partial charge in [0.05, 0.1) is 17.9 Å². The van der Waals surface area contributed by atoms with E-state index in [0.29, 0.717) is 11.7 Å². The molecule has 150 valence electrons. The number of aromatic nitrogens is 1. The summed E-state index contributed by atoms with van der Waals surface area (Å²) in [7, 11) is 0. The summed E-state index contributed by atoms with van der Waals surface area (Å²) in [6, 6.07) is 6.07. The monoisotopic (exact) mass is 458 g/mol. The fraction of sp³-hybridized carbons (Fsp3) is 0.300. The van der Waals surface area contributed by atoms with Crippen molar-refractivity contribution in [2.24, 2.45) is 5.92 Å².